The minimum absolute atomic E-state index is 0.184. The van der Waals surface area contributed by atoms with Gasteiger partial charge in [-0.2, -0.15) is 5.10 Å². The van der Waals surface area contributed by atoms with E-state index >= 15 is 0 Å². The highest BCUT2D eigenvalue weighted by Crippen LogP contribution is 2.24. The Morgan fingerprint density at radius 3 is 2.27 bits per heavy atom. The summed E-state index contributed by atoms with van der Waals surface area (Å²) in [5.41, 5.74) is 0.890. The van der Waals surface area contributed by atoms with Crippen LogP contribution in [0.25, 0.3) is 0 Å². The van der Waals surface area contributed by atoms with Gasteiger partial charge >= 0.3 is 0 Å². The van der Waals surface area contributed by atoms with E-state index in [-0.39, 0.29) is 17.5 Å². The minimum atomic E-state index is -0.387. The molecule has 0 radical (unpaired) electrons. The number of carbonyl (C=O) groups excluding carboxylic acids is 2. The monoisotopic (exact) mass is 360 g/mol. The number of hydrogen-bond donors (Lipinski definition) is 2. The number of nitrogens with zero attached hydrogens (tertiary/aromatic N) is 2. The van der Waals surface area contributed by atoms with Crippen molar-refractivity contribution in [3.63, 3.8) is 0 Å². The van der Waals surface area contributed by atoms with Gasteiger partial charge in [0.05, 0.1) is 19.9 Å². The maximum atomic E-state index is 12.6. The fourth-order valence-corrected chi connectivity index (χ4v) is 2.30. The maximum absolute atomic E-state index is 12.6. The Balaban J connectivity index is 2.28. The third-order valence-electron chi connectivity index (χ3n) is 3.70. The number of carbonyl (C=O) groups is 2. The molecule has 0 saturated carbocycles. The zero-order chi connectivity index (χ0) is 19.1. The van der Waals surface area contributed by atoms with Crippen LogP contribution < -0.4 is 20.1 Å². The molecule has 8 heteroatoms. The second-order valence-corrected chi connectivity index (χ2v) is 5.56. The van der Waals surface area contributed by atoms with E-state index in [1.54, 1.807) is 29.1 Å². The van der Waals surface area contributed by atoms with Gasteiger partial charge in [0, 0.05) is 30.9 Å². The van der Waals surface area contributed by atoms with E-state index in [1.807, 2.05) is 13.8 Å². The van der Waals surface area contributed by atoms with Crippen LogP contribution in [0.3, 0.4) is 0 Å². The number of aryl methyl sites for hydroxylation is 1. The Morgan fingerprint density at radius 1 is 1.08 bits per heavy atom. The van der Waals surface area contributed by atoms with Crippen molar-refractivity contribution in [2.24, 2.45) is 0 Å². The van der Waals surface area contributed by atoms with Gasteiger partial charge in [-0.3, -0.25) is 14.3 Å². The number of ether oxygens (including phenoxy) is 2. The molecule has 0 atom stereocenters. The molecule has 1 heterocycles. The molecule has 26 heavy (non-hydrogen) atoms. The van der Waals surface area contributed by atoms with Crippen LogP contribution in [0.15, 0.2) is 24.4 Å². The van der Waals surface area contributed by atoms with Crippen molar-refractivity contribution < 1.29 is 19.1 Å². The summed E-state index contributed by atoms with van der Waals surface area (Å²) >= 11 is 0. The fraction of sp³-hybridized carbons (Fsp3) is 0.389. The number of methoxy groups -OCH3 is 2. The lowest BCUT2D eigenvalue weighted by atomic mass is 10.2. The summed E-state index contributed by atoms with van der Waals surface area (Å²) in [4.78, 5) is 24.9. The Bertz CT molecular complexity index is 763. The Labute approximate surface area is 152 Å². The Hall–Kier alpha value is -3.03. The lowest BCUT2D eigenvalue weighted by Gasteiger charge is -2.09. The molecule has 1 aromatic heterocycles. The second kappa shape index (κ2) is 8.89. The molecular weight excluding hydrogens is 336 g/mol. The van der Waals surface area contributed by atoms with Gasteiger partial charge in [-0.05, 0) is 25.5 Å². The standard InChI is InChI=1S/C18H24N4O4/c1-5-7-19-18(24)16-15(11-22(6-2)21-16)20-17(23)12-8-13(25-3)10-14(9-12)26-4/h8-11H,5-7H2,1-4H3,(H,19,24)(H,20,23). The van der Waals surface area contributed by atoms with Gasteiger partial charge in [0.25, 0.3) is 11.8 Å². The summed E-state index contributed by atoms with van der Waals surface area (Å²) < 4.78 is 12.0. The molecule has 0 aliphatic rings. The quantitative estimate of drug-likeness (QED) is 0.753. The summed E-state index contributed by atoms with van der Waals surface area (Å²) in [6, 6.07) is 4.87. The molecule has 0 saturated heterocycles. The third kappa shape index (κ3) is 4.53. The SMILES string of the molecule is CCCNC(=O)c1nn(CC)cc1NC(=O)c1cc(OC)cc(OC)c1. The highest BCUT2D eigenvalue weighted by Gasteiger charge is 2.19. The molecule has 2 N–H and O–H groups in total. The van der Waals surface area contributed by atoms with Crippen LogP contribution in [0.1, 0.15) is 41.1 Å². The lowest BCUT2D eigenvalue weighted by Crippen LogP contribution is -2.26. The average molecular weight is 360 g/mol. The van der Waals surface area contributed by atoms with Crippen molar-refractivity contribution in [2.75, 3.05) is 26.1 Å². The number of amides is 2. The van der Waals surface area contributed by atoms with Gasteiger partial charge < -0.3 is 20.1 Å². The first-order chi connectivity index (χ1) is 12.5. The predicted octanol–water partition coefficient (Wildman–Crippen LogP) is 2.31. The number of anilines is 1. The first kappa shape index (κ1) is 19.3. The summed E-state index contributed by atoms with van der Waals surface area (Å²) in [7, 11) is 3.02. The first-order valence-electron chi connectivity index (χ1n) is 8.42. The Morgan fingerprint density at radius 2 is 1.73 bits per heavy atom. The van der Waals surface area contributed by atoms with Crippen LogP contribution >= 0.6 is 0 Å². The highest BCUT2D eigenvalue weighted by atomic mass is 16.5. The second-order valence-electron chi connectivity index (χ2n) is 5.56. The van der Waals surface area contributed by atoms with E-state index in [0.29, 0.717) is 35.8 Å². The molecule has 0 aliphatic carbocycles. The van der Waals surface area contributed by atoms with Crippen LogP contribution in [0.4, 0.5) is 5.69 Å². The van der Waals surface area contributed by atoms with Gasteiger partial charge in [0.2, 0.25) is 0 Å². The molecule has 2 amide bonds. The summed E-state index contributed by atoms with van der Waals surface area (Å²) in [6.45, 7) is 4.98. The molecule has 0 unspecified atom stereocenters. The third-order valence-corrected chi connectivity index (χ3v) is 3.70. The van der Waals surface area contributed by atoms with E-state index in [0.717, 1.165) is 6.42 Å². The van der Waals surface area contributed by atoms with Gasteiger partial charge in [-0.25, -0.2) is 0 Å². The maximum Gasteiger partial charge on any atom is 0.273 e. The van der Waals surface area contributed by atoms with Gasteiger partial charge in [-0.15, -0.1) is 0 Å². The van der Waals surface area contributed by atoms with Crippen molar-refractivity contribution in [1.29, 1.82) is 0 Å². The van der Waals surface area contributed by atoms with Crippen LogP contribution in [-0.4, -0.2) is 42.4 Å². The average Bonchev–Trinajstić information content (AvgIpc) is 3.08. The van der Waals surface area contributed by atoms with E-state index in [9.17, 15) is 9.59 Å². The van der Waals surface area contributed by atoms with E-state index in [2.05, 4.69) is 15.7 Å². The Kier molecular flexibility index (Phi) is 6.60. The topological polar surface area (TPSA) is 94.5 Å². The van der Waals surface area contributed by atoms with E-state index < -0.39 is 0 Å². The number of benzene rings is 1. The van der Waals surface area contributed by atoms with E-state index in [1.165, 1.54) is 14.2 Å². The minimum Gasteiger partial charge on any atom is -0.497 e. The van der Waals surface area contributed by atoms with Crippen LogP contribution in [0.5, 0.6) is 11.5 Å². The summed E-state index contributed by atoms with van der Waals surface area (Å²) in [5.74, 6) is 0.291. The van der Waals surface area contributed by atoms with Crippen molar-refractivity contribution in [3.05, 3.63) is 35.7 Å². The fourth-order valence-electron chi connectivity index (χ4n) is 2.30. The zero-order valence-corrected chi connectivity index (χ0v) is 15.5. The van der Waals surface area contributed by atoms with Crippen molar-refractivity contribution >= 4 is 17.5 Å². The highest BCUT2D eigenvalue weighted by molar-refractivity contribution is 6.08. The number of hydrogen-bond acceptors (Lipinski definition) is 5. The largest absolute Gasteiger partial charge is 0.497 e. The molecule has 0 aliphatic heterocycles. The lowest BCUT2D eigenvalue weighted by molar-refractivity contribution is 0.0948. The number of nitrogens with one attached hydrogen (secondary N) is 2. The van der Waals surface area contributed by atoms with Crippen molar-refractivity contribution in [1.82, 2.24) is 15.1 Å². The smallest absolute Gasteiger partial charge is 0.273 e. The van der Waals surface area contributed by atoms with Gasteiger partial charge in [-0.1, -0.05) is 6.92 Å². The number of aromatic nitrogens is 2. The van der Waals surface area contributed by atoms with Gasteiger partial charge in [0.1, 0.15) is 11.5 Å². The molecule has 140 valence electrons. The first-order valence-corrected chi connectivity index (χ1v) is 8.42. The predicted molar refractivity (Wildman–Crippen MR) is 98.0 cm³/mol. The van der Waals surface area contributed by atoms with Crippen molar-refractivity contribution in [3.8, 4) is 11.5 Å². The van der Waals surface area contributed by atoms with E-state index in [4.69, 9.17) is 9.47 Å². The molecule has 2 aromatic rings. The molecule has 1 aromatic carbocycles. The number of rotatable bonds is 8. The van der Waals surface area contributed by atoms with Crippen LogP contribution in [0, 0.1) is 0 Å². The summed E-state index contributed by atoms with van der Waals surface area (Å²) in [6.07, 6.45) is 2.45. The zero-order valence-electron chi connectivity index (χ0n) is 15.5. The molecule has 8 nitrogen and oxygen atoms in total. The molecular formula is C18H24N4O4. The van der Waals surface area contributed by atoms with Crippen LogP contribution in [0.2, 0.25) is 0 Å². The van der Waals surface area contributed by atoms with Crippen LogP contribution in [-0.2, 0) is 6.54 Å². The van der Waals surface area contributed by atoms with Gasteiger partial charge in [0.15, 0.2) is 5.69 Å². The molecule has 0 bridgehead atoms. The molecule has 2 rings (SSSR count). The molecule has 0 spiro atoms. The van der Waals surface area contributed by atoms with Crippen molar-refractivity contribution in [2.45, 2.75) is 26.8 Å². The molecule has 0 fully saturated rings. The normalized spacial score (nSPS) is 10.3. The summed E-state index contributed by atoms with van der Waals surface area (Å²) in [5, 5.41) is 9.75.